The van der Waals surface area contributed by atoms with Gasteiger partial charge < -0.3 is 40.6 Å². The minimum Gasteiger partial charge on any atom is -0.480 e. The highest BCUT2D eigenvalue weighted by atomic mass is 31.2. The van der Waals surface area contributed by atoms with Gasteiger partial charge in [0.05, 0.1) is 12.3 Å². The van der Waals surface area contributed by atoms with Crippen LogP contribution in [0, 0.1) is 0 Å². The lowest BCUT2D eigenvalue weighted by atomic mass is 10.1. The monoisotopic (exact) mass is 497 g/mol. The number of rotatable bonds is 9. The van der Waals surface area contributed by atoms with Gasteiger partial charge in [0, 0.05) is 19.6 Å². The Kier molecular flexibility index (Phi) is 10.4. The summed E-state index contributed by atoms with van der Waals surface area (Å²) in [6, 6.07) is -1.21. The van der Waals surface area contributed by atoms with Crippen molar-refractivity contribution >= 4 is 32.5 Å². The number of carboxylic acid groups (broad SMARTS) is 1. The molecule has 1 atom stereocenters. The Hall–Kier alpha value is -1.85. The summed E-state index contributed by atoms with van der Waals surface area (Å²) in [7, 11) is -8.24. The molecule has 0 saturated heterocycles. The van der Waals surface area contributed by atoms with Crippen LogP contribution in [0.25, 0.3) is 0 Å². The molecule has 0 saturated carbocycles. The number of carboxylic acids is 1. The van der Waals surface area contributed by atoms with Gasteiger partial charge in [-0.2, -0.15) is 0 Å². The Balaban J connectivity index is 0.000000324. The summed E-state index contributed by atoms with van der Waals surface area (Å²) in [5.74, 6) is -1.21. The molecule has 0 aromatic heterocycles. The smallest absolute Gasteiger partial charge is 0.329 e. The Bertz CT molecular complexity index is 989. The first kappa shape index (κ1) is 28.2. The topological polar surface area (TPSA) is 228 Å². The molecular formula is C17H29N3O10P2. The predicted molar refractivity (Wildman–Crippen MR) is 119 cm³/mol. The number of nitrogens with two attached hydrogens (primary N) is 1. The predicted octanol–water partition coefficient (Wildman–Crippen LogP) is -0.615. The van der Waals surface area contributed by atoms with Crippen LogP contribution in [0.1, 0.15) is 26.2 Å². The van der Waals surface area contributed by atoms with Gasteiger partial charge in [0.1, 0.15) is 17.4 Å². The van der Waals surface area contributed by atoms with Crippen LogP contribution in [0.4, 0.5) is 11.4 Å². The maximum atomic E-state index is 11.4. The van der Waals surface area contributed by atoms with Gasteiger partial charge in [0.15, 0.2) is 0 Å². The van der Waals surface area contributed by atoms with Crippen LogP contribution >= 0.6 is 15.2 Å². The zero-order chi connectivity index (χ0) is 24.7. The van der Waals surface area contributed by atoms with Crippen molar-refractivity contribution in [3.05, 3.63) is 32.1 Å². The molecule has 0 spiro atoms. The Morgan fingerprint density at radius 3 is 2.31 bits per heavy atom. The van der Waals surface area contributed by atoms with Gasteiger partial charge in [-0.15, -0.1) is 0 Å². The first-order valence-corrected chi connectivity index (χ1v) is 13.3. The fourth-order valence-corrected chi connectivity index (χ4v) is 4.34. The molecule has 1 aliphatic heterocycles. The standard InChI is InChI=1S/C9H13N2O5P.C8H16NO5P/c12-8-6-7(9(8)13)11(3-1-2-10-6)4-5-17(14,15)16;1-2-3-6(5-15(12,13)14)4-7(9)8(10)11/h10H,1-5H2,(H2,14,15,16);4,7H,2-3,5,9H2,1H3,(H,10,11)(H2,12,13,14)/b;6-4+. The van der Waals surface area contributed by atoms with Crippen LogP contribution in [0.15, 0.2) is 21.2 Å². The quantitative estimate of drug-likeness (QED) is 0.128. The molecule has 0 fully saturated rings. The van der Waals surface area contributed by atoms with Gasteiger partial charge in [-0.25, -0.2) is 0 Å². The van der Waals surface area contributed by atoms with Crippen molar-refractivity contribution in [1.82, 2.24) is 0 Å². The Morgan fingerprint density at radius 1 is 1.19 bits per heavy atom. The van der Waals surface area contributed by atoms with E-state index in [0.717, 1.165) is 0 Å². The van der Waals surface area contributed by atoms with E-state index in [0.29, 0.717) is 43.6 Å². The minimum atomic E-state index is -4.15. The van der Waals surface area contributed by atoms with Gasteiger partial charge >= 0.3 is 21.2 Å². The largest absolute Gasteiger partial charge is 0.480 e. The molecule has 0 amide bonds. The van der Waals surface area contributed by atoms with Gasteiger partial charge in [0.25, 0.3) is 10.9 Å². The third-order valence-corrected chi connectivity index (χ3v) is 6.05. The highest BCUT2D eigenvalue weighted by Crippen LogP contribution is 2.38. The van der Waals surface area contributed by atoms with Crippen molar-refractivity contribution < 1.29 is 38.6 Å². The molecule has 13 nitrogen and oxygen atoms in total. The molecule has 0 radical (unpaired) electrons. The lowest BCUT2D eigenvalue weighted by Gasteiger charge is -2.24. The normalized spacial score (nSPS) is 15.8. The van der Waals surface area contributed by atoms with Gasteiger partial charge in [-0.3, -0.25) is 23.5 Å². The van der Waals surface area contributed by atoms with Gasteiger partial charge in [-0.05, 0) is 12.8 Å². The summed E-state index contributed by atoms with van der Waals surface area (Å²) in [6.07, 6.45) is 2.29. The number of fused-ring (bicyclic) bond motifs is 1. The number of hydrogen-bond acceptors (Lipinski definition) is 8. The van der Waals surface area contributed by atoms with Crippen LogP contribution in [0.5, 0.6) is 0 Å². The molecule has 32 heavy (non-hydrogen) atoms. The summed E-state index contributed by atoms with van der Waals surface area (Å²) >= 11 is 0. The molecule has 2 rings (SSSR count). The van der Waals surface area contributed by atoms with E-state index >= 15 is 0 Å². The van der Waals surface area contributed by atoms with E-state index in [-0.39, 0.29) is 18.4 Å². The molecule has 8 N–H and O–H groups in total. The second kappa shape index (κ2) is 11.9. The van der Waals surface area contributed by atoms with E-state index in [4.69, 9.17) is 30.4 Å². The Morgan fingerprint density at radius 2 is 1.81 bits per heavy atom. The molecule has 0 aliphatic carbocycles. The lowest BCUT2D eigenvalue weighted by molar-refractivity contribution is -0.137. The second-order valence-electron chi connectivity index (χ2n) is 7.30. The molecular weight excluding hydrogens is 468 g/mol. The number of aliphatic carboxylic acids is 1. The molecule has 1 aromatic rings. The summed E-state index contributed by atoms with van der Waals surface area (Å²) in [5.41, 5.74) is 5.09. The molecule has 1 aliphatic rings. The van der Waals surface area contributed by atoms with Crippen molar-refractivity contribution in [1.29, 1.82) is 0 Å². The van der Waals surface area contributed by atoms with E-state index < -0.39 is 44.2 Å². The highest BCUT2D eigenvalue weighted by molar-refractivity contribution is 7.52. The van der Waals surface area contributed by atoms with Crippen molar-refractivity contribution in [2.24, 2.45) is 5.73 Å². The fraction of sp³-hybridized carbons (Fsp3) is 0.588. The van der Waals surface area contributed by atoms with E-state index in [9.17, 15) is 23.5 Å². The molecule has 1 aromatic carbocycles. The van der Waals surface area contributed by atoms with Crippen molar-refractivity contribution in [2.75, 3.05) is 42.2 Å². The Labute approximate surface area is 183 Å². The SMILES string of the molecule is CCC/C(=C\C(N)C(=O)O)CP(=O)(O)O.O=c1c2c(c1=O)N(CCP(=O)(O)O)CCCN2. The molecule has 1 unspecified atom stereocenters. The summed E-state index contributed by atoms with van der Waals surface area (Å²) in [6.45, 7) is 3.03. The number of nitrogens with one attached hydrogen (secondary N) is 1. The fourth-order valence-electron chi connectivity index (χ4n) is 3.04. The maximum absolute atomic E-state index is 11.4. The third-order valence-electron chi connectivity index (χ3n) is 4.45. The molecule has 182 valence electrons. The average molecular weight is 497 g/mol. The van der Waals surface area contributed by atoms with E-state index in [1.54, 1.807) is 4.90 Å². The number of anilines is 2. The molecule has 1 heterocycles. The zero-order valence-electron chi connectivity index (χ0n) is 17.5. The number of allylic oxidation sites excluding steroid dienone is 1. The minimum absolute atomic E-state index is 0.0871. The van der Waals surface area contributed by atoms with Crippen molar-refractivity contribution in [2.45, 2.75) is 32.2 Å². The van der Waals surface area contributed by atoms with Crippen LogP contribution in [-0.4, -0.2) is 68.6 Å². The summed E-state index contributed by atoms with van der Waals surface area (Å²) in [5, 5.41) is 11.4. The molecule has 0 bridgehead atoms. The highest BCUT2D eigenvalue weighted by Gasteiger charge is 2.28. The van der Waals surface area contributed by atoms with Crippen molar-refractivity contribution in [3.8, 4) is 0 Å². The van der Waals surface area contributed by atoms with E-state index in [2.05, 4.69) is 5.32 Å². The second-order valence-corrected chi connectivity index (χ2v) is 10.7. The summed E-state index contributed by atoms with van der Waals surface area (Å²) < 4.78 is 21.5. The van der Waals surface area contributed by atoms with E-state index in [1.807, 2.05) is 6.92 Å². The molecule has 15 heteroatoms. The van der Waals surface area contributed by atoms with Crippen LogP contribution < -0.4 is 26.8 Å². The first-order valence-electron chi connectivity index (χ1n) is 9.75. The third kappa shape index (κ3) is 9.33. The van der Waals surface area contributed by atoms with E-state index in [1.165, 1.54) is 6.08 Å². The first-order chi connectivity index (χ1) is 14.7. The van der Waals surface area contributed by atoms with Crippen molar-refractivity contribution in [3.63, 3.8) is 0 Å². The number of carbonyl (C=O) groups is 1. The summed E-state index contributed by atoms with van der Waals surface area (Å²) in [4.78, 5) is 69.8. The number of hydrogen-bond donors (Lipinski definition) is 7. The average Bonchev–Trinajstić information content (AvgIpc) is 2.84. The van der Waals surface area contributed by atoms with Gasteiger partial charge in [0.2, 0.25) is 0 Å². The number of nitrogens with zero attached hydrogens (tertiary/aromatic N) is 1. The zero-order valence-corrected chi connectivity index (χ0v) is 19.3. The van der Waals surface area contributed by atoms with Crippen LogP contribution in [-0.2, 0) is 13.9 Å². The van der Waals surface area contributed by atoms with Gasteiger partial charge in [-0.1, -0.05) is 25.0 Å². The maximum Gasteiger partial charge on any atom is 0.329 e. The lowest BCUT2D eigenvalue weighted by Crippen LogP contribution is -2.42. The van der Waals surface area contributed by atoms with Crippen LogP contribution in [0.3, 0.4) is 0 Å². The van der Waals surface area contributed by atoms with Crippen LogP contribution in [0.2, 0.25) is 0 Å².